The number of aromatic hydroxyl groups is 1. The zero-order valence-corrected chi connectivity index (χ0v) is 13.8. The maximum Gasteiger partial charge on any atom is 0.339 e. The summed E-state index contributed by atoms with van der Waals surface area (Å²) in [7, 11) is 0. The van der Waals surface area contributed by atoms with Crippen LogP contribution >= 0.6 is 0 Å². The van der Waals surface area contributed by atoms with Crippen LogP contribution in [-0.2, 0) is 4.79 Å². The van der Waals surface area contributed by atoms with Crippen molar-refractivity contribution >= 4 is 17.6 Å². The summed E-state index contributed by atoms with van der Waals surface area (Å²) in [5.74, 6) is -1.65. The van der Waals surface area contributed by atoms with E-state index >= 15 is 0 Å². The Hall–Kier alpha value is -2.04. The van der Waals surface area contributed by atoms with Crippen LogP contribution in [0.1, 0.15) is 75.1 Å². The van der Waals surface area contributed by atoms with E-state index in [2.05, 4.69) is 12.2 Å². The second-order valence-corrected chi connectivity index (χ2v) is 5.81. The van der Waals surface area contributed by atoms with E-state index < -0.39 is 5.97 Å². The number of carboxylic acid groups (broad SMARTS) is 1. The topological polar surface area (TPSA) is 86.6 Å². The van der Waals surface area contributed by atoms with E-state index in [4.69, 9.17) is 5.11 Å². The Balaban J connectivity index is 2.24. The molecule has 0 bridgehead atoms. The zero-order valence-electron chi connectivity index (χ0n) is 13.8. The van der Waals surface area contributed by atoms with Gasteiger partial charge in [0.1, 0.15) is 11.3 Å². The molecule has 3 N–H and O–H groups in total. The lowest BCUT2D eigenvalue weighted by Gasteiger charge is -2.07. The Kier molecular flexibility index (Phi) is 8.80. The second kappa shape index (κ2) is 10.6. The standard InChI is InChI=1S/C18H27NO4/c1-2-3-4-5-6-7-8-9-10-17(21)19-14-11-12-16(20)15(13-14)18(22)23/h11-13,20H,2-10H2,1H3,(H,19,21)(H,22,23). The number of anilines is 1. The number of carbonyl (C=O) groups excluding carboxylic acids is 1. The van der Waals surface area contributed by atoms with Gasteiger partial charge in [0.2, 0.25) is 5.91 Å². The van der Waals surface area contributed by atoms with Crippen LogP contribution in [0, 0.1) is 0 Å². The zero-order chi connectivity index (χ0) is 17.1. The third kappa shape index (κ3) is 7.68. The summed E-state index contributed by atoms with van der Waals surface area (Å²) in [5.41, 5.74) is 0.180. The molecule has 5 nitrogen and oxygen atoms in total. The molecule has 0 aliphatic heterocycles. The molecule has 23 heavy (non-hydrogen) atoms. The highest BCUT2D eigenvalue weighted by molar-refractivity contribution is 5.95. The number of aromatic carboxylic acids is 1. The van der Waals surface area contributed by atoms with Crippen molar-refractivity contribution in [1.29, 1.82) is 0 Å². The van der Waals surface area contributed by atoms with Gasteiger partial charge in [-0.05, 0) is 24.6 Å². The molecular weight excluding hydrogens is 294 g/mol. The van der Waals surface area contributed by atoms with E-state index in [1.165, 1.54) is 50.3 Å². The molecule has 0 aromatic heterocycles. The normalized spacial score (nSPS) is 10.5. The molecule has 0 fully saturated rings. The van der Waals surface area contributed by atoms with E-state index in [9.17, 15) is 14.7 Å². The maximum atomic E-state index is 11.8. The Bertz CT molecular complexity index is 514. The smallest absolute Gasteiger partial charge is 0.339 e. The average molecular weight is 321 g/mol. The van der Waals surface area contributed by atoms with Crippen molar-refractivity contribution in [2.24, 2.45) is 0 Å². The summed E-state index contributed by atoms with van der Waals surface area (Å²) in [4.78, 5) is 22.8. The van der Waals surface area contributed by atoms with Crippen molar-refractivity contribution in [3.05, 3.63) is 23.8 Å². The van der Waals surface area contributed by atoms with Crippen LogP contribution in [-0.4, -0.2) is 22.1 Å². The molecule has 0 aliphatic rings. The van der Waals surface area contributed by atoms with Gasteiger partial charge < -0.3 is 15.5 Å². The molecule has 5 heteroatoms. The summed E-state index contributed by atoms with van der Waals surface area (Å²) in [6.07, 6.45) is 9.79. The minimum atomic E-state index is -1.22. The molecule has 1 rings (SSSR count). The number of benzene rings is 1. The molecule has 0 saturated heterocycles. The van der Waals surface area contributed by atoms with Crippen LogP contribution < -0.4 is 5.32 Å². The molecule has 0 radical (unpaired) electrons. The number of hydrogen-bond acceptors (Lipinski definition) is 3. The third-order valence-corrected chi connectivity index (χ3v) is 3.77. The van der Waals surface area contributed by atoms with Crippen molar-refractivity contribution < 1.29 is 19.8 Å². The molecule has 0 aliphatic carbocycles. The van der Waals surface area contributed by atoms with Crippen LogP contribution in [0.5, 0.6) is 5.75 Å². The minimum absolute atomic E-state index is 0.127. The van der Waals surface area contributed by atoms with Gasteiger partial charge in [-0.15, -0.1) is 0 Å². The predicted molar refractivity (Wildman–Crippen MR) is 90.9 cm³/mol. The minimum Gasteiger partial charge on any atom is -0.507 e. The molecular formula is C18H27NO4. The molecule has 0 heterocycles. The number of amides is 1. The number of nitrogens with one attached hydrogen (secondary N) is 1. The van der Waals surface area contributed by atoms with Crippen LogP contribution in [0.3, 0.4) is 0 Å². The quantitative estimate of drug-likeness (QED) is 0.412. The monoisotopic (exact) mass is 321 g/mol. The molecule has 1 aromatic rings. The van der Waals surface area contributed by atoms with Gasteiger partial charge in [0, 0.05) is 12.1 Å². The predicted octanol–water partition coefficient (Wildman–Crippen LogP) is 4.56. The molecule has 0 atom stereocenters. The van der Waals surface area contributed by atoms with Gasteiger partial charge in [0.05, 0.1) is 0 Å². The lowest BCUT2D eigenvalue weighted by Crippen LogP contribution is -2.11. The summed E-state index contributed by atoms with van der Waals surface area (Å²) in [6, 6.07) is 4.03. The van der Waals surface area contributed by atoms with E-state index in [1.54, 1.807) is 0 Å². The summed E-state index contributed by atoms with van der Waals surface area (Å²) in [5, 5.41) is 21.0. The second-order valence-electron chi connectivity index (χ2n) is 5.81. The highest BCUT2D eigenvalue weighted by atomic mass is 16.4. The Morgan fingerprint density at radius 1 is 1.00 bits per heavy atom. The van der Waals surface area contributed by atoms with Gasteiger partial charge >= 0.3 is 5.97 Å². The summed E-state index contributed by atoms with van der Waals surface area (Å²) >= 11 is 0. The molecule has 0 spiro atoms. The first-order chi connectivity index (χ1) is 11.0. The summed E-state index contributed by atoms with van der Waals surface area (Å²) < 4.78 is 0. The van der Waals surface area contributed by atoms with Crippen molar-refractivity contribution in [2.75, 3.05) is 5.32 Å². The van der Waals surface area contributed by atoms with Crippen molar-refractivity contribution in [3.63, 3.8) is 0 Å². The first-order valence-electron chi connectivity index (χ1n) is 8.40. The SMILES string of the molecule is CCCCCCCCCCC(=O)Nc1ccc(O)c(C(=O)O)c1. The summed E-state index contributed by atoms with van der Waals surface area (Å²) in [6.45, 7) is 2.20. The fourth-order valence-corrected chi connectivity index (χ4v) is 2.43. The lowest BCUT2D eigenvalue weighted by molar-refractivity contribution is -0.116. The molecule has 0 saturated carbocycles. The third-order valence-electron chi connectivity index (χ3n) is 3.77. The van der Waals surface area contributed by atoms with Crippen molar-refractivity contribution in [2.45, 2.75) is 64.7 Å². The number of rotatable bonds is 11. The fraction of sp³-hybridized carbons (Fsp3) is 0.556. The Morgan fingerprint density at radius 3 is 2.22 bits per heavy atom. The van der Waals surface area contributed by atoms with Gasteiger partial charge in [-0.25, -0.2) is 4.79 Å². The number of phenols is 1. The average Bonchev–Trinajstić information content (AvgIpc) is 2.51. The van der Waals surface area contributed by atoms with E-state index in [0.29, 0.717) is 12.1 Å². The lowest BCUT2D eigenvalue weighted by atomic mass is 10.1. The number of carbonyl (C=O) groups is 2. The number of hydrogen-bond donors (Lipinski definition) is 3. The van der Waals surface area contributed by atoms with Crippen LogP contribution in [0.25, 0.3) is 0 Å². The van der Waals surface area contributed by atoms with Crippen LogP contribution in [0.15, 0.2) is 18.2 Å². The van der Waals surface area contributed by atoms with Crippen molar-refractivity contribution in [1.82, 2.24) is 0 Å². The first-order valence-corrected chi connectivity index (χ1v) is 8.40. The maximum absolute atomic E-state index is 11.8. The fourth-order valence-electron chi connectivity index (χ4n) is 2.43. The molecule has 0 unspecified atom stereocenters. The number of carboxylic acids is 1. The highest BCUT2D eigenvalue weighted by Gasteiger charge is 2.11. The van der Waals surface area contributed by atoms with E-state index in [1.807, 2.05) is 0 Å². The van der Waals surface area contributed by atoms with Crippen molar-refractivity contribution in [3.8, 4) is 5.75 Å². The van der Waals surface area contributed by atoms with Gasteiger partial charge in [-0.1, -0.05) is 51.9 Å². The van der Waals surface area contributed by atoms with Crippen LogP contribution in [0.2, 0.25) is 0 Å². The van der Waals surface area contributed by atoms with E-state index in [-0.39, 0.29) is 17.2 Å². The van der Waals surface area contributed by atoms with E-state index in [0.717, 1.165) is 19.3 Å². The van der Waals surface area contributed by atoms with Crippen LogP contribution in [0.4, 0.5) is 5.69 Å². The highest BCUT2D eigenvalue weighted by Crippen LogP contribution is 2.21. The largest absolute Gasteiger partial charge is 0.507 e. The Labute approximate surface area is 137 Å². The first kappa shape index (κ1) is 19.0. The molecule has 1 aromatic carbocycles. The Morgan fingerprint density at radius 2 is 1.61 bits per heavy atom. The van der Waals surface area contributed by atoms with Gasteiger partial charge in [-0.3, -0.25) is 4.79 Å². The van der Waals surface area contributed by atoms with Gasteiger partial charge in [-0.2, -0.15) is 0 Å². The van der Waals surface area contributed by atoms with Gasteiger partial charge in [0.25, 0.3) is 0 Å². The molecule has 1 amide bonds. The number of unbranched alkanes of at least 4 members (excludes halogenated alkanes) is 7. The molecule has 128 valence electrons. The van der Waals surface area contributed by atoms with Gasteiger partial charge in [0.15, 0.2) is 0 Å².